The van der Waals surface area contributed by atoms with Crippen LogP contribution >= 0.6 is 23.4 Å². The van der Waals surface area contributed by atoms with E-state index in [1.807, 2.05) is 30.3 Å². The molecule has 5 heteroatoms. The molecule has 3 rings (SSSR count). The highest BCUT2D eigenvalue weighted by Gasteiger charge is 2.17. The van der Waals surface area contributed by atoms with Gasteiger partial charge in [0.25, 0.3) is 0 Å². The van der Waals surface area contributed by atoms with Crippen LogP contribution in [0.4, 0.5) is 5.69 Å². The molecule has 0 unspecified atom stereocenters. The fourth-order valence-corrected chi connectivity index (χ4v) is 3.26. The number of methoxy groups -OCH3 is 1. The maximum atomic E-state index is 11.6. The fraction of sp³-hybridized carbons (Fsp3) is 0.0667. The number of halogens is 1. The zero-order valence-electron chi connectivity index (χ0n) is 10.6. The van der Waals surface area contributed by atoms with Crippen molar-refractivity contribution in [3.8, 4) is 0 Å². The second-order valence-corrected chi connectivity index (χ2v) is 5.62. The molecule has 2 aromatic carbocycles. The van der Waals surface area contributed by atoms with Gasteiger partial charge in [-0.05, 0) is 24.3 Å². The van der Waals surface area contributed by atoms with Crippen molar-refractivity contribution in [3.05, 3.63) is 53.6 Å². The predicted molar refractivity (Wildman–Crippen MR) is 80.4 cm³/mol. The van der Waals surface area contributed by atoms with Gasteiger partial charge in [-0.25, -0.2) is 9.79 Å². The first kappa shape index (κ1) is 13.2. The third-order valence-corrected chi connectivity index (χ3v) is 4.36. The van der Waals surface area contributed by atoms with Gasteiger partial charge in [0, 0.05) is 15.4 Å². The molecule has 2 aromatic rings. The number of fused-ring (bicyclic) bond motifs is 2. The van der Waals surface area contributed by atoms with Crippen LogP contribution in [0.2, 0.25) is 0 Å². The minimum Gasteiger partial charge on any atom is -0.465 e. The average Bonchev–Trinajstić information content (AvgIpc) is 2.62. The molecule has 0 N–H and O–H groups in total. The first-order valence-corrected chi connectivity index (χ1v) is 7.12. The summed E-state index contributed by atoms with van der Waals surface area (Å²) in [6.07, 6.45) is 0. The number of ether oxygens (including phenoxy) is 1. The van der Waals surface area contributed by atoms with Gasteiger partial charge in [-0.3, -0.25) is 0 Å². The molecule has 0 saturated carbocycles. The van der Waals surface area contributed by atoms with Crippen LogP contribution in [-0.2, 0) is 4.74 Å². The lowest BCUT2D eigenvalue weighted by atomic mass is 10.2. The van der Waals surface area contributed by atoms with Crippen molar-refractivity contribution in [1.82, 2.24) is 0 Å². The van der Waals surface area contributed by atoms with Gasteiger partial charge in [0.2, 0.25) is 0 Å². The van der Waals surface area contributed by atoms with Crippen LogP contribution in [0, 0.1) is 0 Å². The third-order valence-electron chi connectivity index (χ3n) is 2.93. The van der Waals surface area contributed by atoms with Gasteiger partial charge >= 0.3 is 5.97 Å². The van der Waals surface area contributed by atoms with Gasteiger partial charge < -0.3 is 4.74 Å². The van der Waals surface area contributed by atoms with E-state index in [1.54, 1.807) is 23.9 Å². The molecule has 0 bridgehead atoms. The SMILES string of the molecule is COC(=O)c1ccc2c(c1)N=C(Cl)c1ccccc1S2. The van der Waals surface area contributed by atoms with E-state index >= 15 is 0 Å². The summed E-state index contributed by atoms with van der Waals surface area (Å²) in [5.41, 5.74) is 2.04. The Bertz CT molecular complexity index is 728. The Kier molecular flexibility index (Phi) is 3.51. The summed E-state index contributed by atoms with van der Waals surface area (Å²) >= 11 is 7.85. The molecule has 3 nitrogen and oxygen atoms in total. The van der Waals surface area contributed by atoms with Crippen molar-refractivity contribution in [2.24, 2.45) is 4.99 Å². The van der Waals surface area contributed by atoms with Gasteiger partial charge in [-0.15, -0.1) is 0 Å². The zero-order valence-corrected chi connectivity index (χ0v) is 12.2. The molecule has 0 spiro atoms. The summed E-state index contributed by atoms with van der Waals surface area (Å²) in [6.45, 7) is 0. The summed E-state index contributed by atoms with van der Waals surface area (Å²) in [5, 5.41) is 0.425. The topological polar surface area (TPSA) is 38.7 Å². The fourth-order valence-electron chi connectivity index (χ4n) is 1.95. The lowest BCUT2D eigenvalue weighted by molar-refractivity contribution is 0.0600. The van der Waals surface area contributed by atoms with Crippen molar-refractivity contribution >= 4 is 40.2 Å². The Labute approximate surface area is 125 Å². The predicted octanol–water partition coefficient (Wildman–Crippen LogP) is 4.25. The lowest BCUT2D eigenvalue weighted by Crippen LogP contribution is -2.00. The molecule has 0 fully saturated rings. The Morgan fingerprint density at radius 3 is 2.80 bits per heavy atom. The lowest BCUT2D eigenvalue weighted by Gasteiger charge is -2.05. The first-order valence-electron chi connectivity index (χ1n) is 5.93. The smallest absolute Gasteiger partial charge is 0.337 e. The van der Waals surface area contributed by atoms with Crippen LogP contribution in [0.25, 0.3) is 0 Å². The number of hydrogen-bond acceptors (Lipinski definition) is 4. The molecule has 0 aliphatic carbocycles. The van der Waals surface area contributed by atoms with Crippen molar-refractivity contribution in [3.63, 3.8) is 0 Å². The van der Waals surface area contributed by atoms with Crippen LogP contribution in [0.5, 0.6) is 0 Å². The molecule has 0 amide bonds. The summed E-state index contributed by atoms with van der Waals surface area (Å²) < 4.78 is 4.72. The molecule has 1 aliphatic rings. The summed E-state index contributed by atoms with van der Waals surface area (Å²) in [4.78, 5) is 18.0. The minimum absolute atomic E-state index is 0.383. The summed E-state index contributed by atoms with van der Waals surface area (Å²) in [6, 6.07) is 13.1. The molecule has 0 radical (unpaired) electrons. The number of hydrogen-bond donors (Lipinski definition) is 0. The van der Waals surface area contributed by atoms with Crippen molar-refractivity contribution in [1.29, 1.82) is 0 Å². The van der Waals surface area contributed by atoms with Gasteiger partial charge in [0.05, 0.1) is 18.4 Å². The zero-order chi connectivity index (χ0) is 14.1. The van der Waals surface area contributed by atoms with Crippen LogP contribution < -0.4 is 0 Å². The second-order valence-electron chi connectivity index (χ2n) is 4.17. The summed E-state index contributed by atoms with van der Waals surface area (Å²) in [5.74, 6) is -0.383. The molecule has 1 aliphatic heterocycles. The largest absolute Gasteiger partial charge is 0.465 e. The molecular formula is C15H10ClNO2S. The van der Waals surface area contributed by atoms with E-state index in [4.69, 9.17) is 16.3 Å². The van der Waals surface area contributed by atoms with Crippen molar-refractivity contribution in [2.75, 3.05) is 7.11 Å². The Morgan fingerprint density at radius 1 is 1.20 bits per heavy atom. The van der Waals surface area contributed by atoms with Gasteiger partial charge in [0.1, 0.15) is 5.17 Å². The molecule has 1 heterocycles. The number of carbonyl (C=O) groups is 1. The highest BCUT2D eigenvalue weighted by molar-refractivity contribution is 7.99. The van der Waals surface area contributed by atoms with E-state index in [0.717, 1.165) is 15.4 Å². The molecule has 0 aromatic heterocycles. The van der Waals surface area contributed by atoms with Crippen LogP contribution in [0.15, 0.2) is 57.2 Å². The number of aliphatic imine (C=N–C) groups is 1. The van der Waals surface area contributed by atoms with E-state index in [9.17, 15) is 4.79 Å². The molecule has 0 atom stereocenters. The summed E-state index contributed by atoms with van der Waals surface area (Å²) in [7, 11) is 1.36. The number of esters is 1. The number of carbonyl (C=O) groups excluding carboxylic acids is 1. The minimum atomic E-state index is -0.383. The van der Waals surface area contributed by atoms with E-state index in [1.165, 1.54) is 7.11 Å². The number of nitrogens with zero attached hydrogens (tertiary/aromatic N) is 1. The first-order chi connectivity index (χ1) is 9.69. The van der Waals surface area contributed by atoms with Crippen molar-refractivity contribution in [2.45, 2.75) is 9.79 Å². The standard InChI is InChI=1S/C15H10ClNO2S/c1-19-15(18)9-6-7-13-11(8-9)17-14(16)10-4-2-3-5-12(10)20-13/h2-8H,1H3. The molecule has 100 valence electrons. The van der Waals surface area contributed by atoms with E-state index in [2.05, 4.69) is 4.99 Å². The number of benzene rings is 2. The van der Waals surface area contributed by atoms with Crippen LogP contribution in [-0.4, -0.2) is 18.2 Å². The Morgan fingerprint density at radius 2 is 2.00 bits per heavy atom. The monoisotopic (exact) mass is 303 g/mol. The van der Waals surface area contributed by atoms with E-state index in [0.29, 0.717) is 16.4 Å². The highest BCUT2D eigenvalue weighted by atomic mass is 35.5. The molecular weight excluding hydrogens is 294 g/mol. The van der Waals surface area contributed by atoms with E-state index in [-0.39, 0.29) is 5.97 Å². The van der Waals surface area contributed by atoms with Crippen molar-refractivity contribution < 1.29 is 9.53 Å². The Hall–Kier alpha value is -1.78. The van der Waals surface area contributed by atoms with Gasteiger partial charge in [-0.1, -0.05) is 41.6 Å². The van der Waals surface area contributed by atoms with Gasteiger partial charge in [0.15, 0.2) is 0 Å². The maximum absolute atomic E-state index is 11.6. The Balaban J connectivity index is 2.13. The van der Waals surface area contributed by atoms with Gasteiger partial charge in [-0.2, -0.15) is 0 Å². The normalized spacial score (nSPS) is 12.8. The molecule has 20 heavy (non-hydrogen) atoms. The van der Waals surface area contributed by atoms with Crippen LogP contribution in [0.1, 0.15) is 15.9 Å². The average molecular weight is 304 g/mol. The maximum Gasteiger partial charge on any atom is 0.337 e. The molecule has 0 saturated heterocycles. The second kappa shape index (κ2) is 5.31. The van der Waals surface area contributed by atoms with E-state index < -0.39 is 0 Å². The van der Waals surface area contributed by atoms with Crippen LogP contribution in [0.3, 0.4) is 0 Å². The third kappa shape index (κ3) is 2.32. The quantitative estimate of drug-likeness (QED) is 0.739. The number of rotatable bonds is 1. The highest BCUT2D eigenvalue weighted by Crippen LogP contribution is 2.41.